The van der Waals surface area contributed by atoms with E-state index in [-0.39, 0.29) is 24.2 Å². The zero-order valence-corrected chi connectivity index (χ0v) is 13.6. The molecule has 0 bridgehead atoms. The van der Waals surface area contributed by atoms with Gasteiger partial charge in [-0.1, -0.05) is 18.2 Å². The summed E-state index contributed by atoms with van der Waals surface area (Å²) in [4.78, 5) is 38.6. The molecule has 0 N–H and O–H groups in total. The molecule has 1 aromatic rings. The van der Waals surface area contributed by atoms with Crippen molar-refractivity contribution in [2.75, 3.05) is 19.6 Å². The monoisotopic (exact) mass is 334 g/mol. The number of carbonyl (C=O) groups is 3. The topological polar surface area (TPSA) is 66.9 Å². The van der Waals surface area contributed by atoms with Crippen molar-refractivity contribution in [2.45, 2.75) is 31.8 Å². The van der Waals surface area contributed by atoms with Crippen LogP contribution in [0.5, 0.6) is 0 Å². The molecule has 0 spiro atoms. The quantitative estimate of drug-likeness (QED) is 0.847. The Morgan fingerprint density at radius 2 is 2.04 bits per heavy atom. The second-order valence-electron chi connectivity index (χ2n) is 6.62. The first-order valence-corrected chi connectivity index (χ1v) is 7.87. The zero-order valence-electron chi connectivity index (χ0n) is 13.6. The Bertz CT molecular complexity index is 704. The molecule has 1 aromatic carbocycles. The minimum absolute atomic E-state index is 0.0761. The van der Waals surface area contributed by atoms with Crippen LogP contribution in [0.3, 0.4) is 0 Å². The smallest absolute Gasteiger partial charge is 0.418 e. The molecule has 3 amide bonds. The Kier molecular flexibility index (Phi) is 4.03. The van der Waals surface area contributed by atoms with E-state index in [0.29, 0.717) is 25.1 Å². The van der Waals surface area contributed by atoms with Crippen molar-refractivity contribution < 1.29 is 23.5 Å². The Labute approximate surface area is 139 Å². The average Bonchev–Trinajstić information content (AvgIpc) is 3.07. The van der Waals surface area contributed by atoms with Crippen LogP contribution >= 0.6 is 0 Å². The minimum Gasteiger partial charge on any atom is -0.433 e. The Morgan fingerprint density at radius 3 is 2.67 bits per heavy atom. The summed E-state index contributed by atoms with van der Waals surface area (Å²) in [5, 5.41) is 0. The van der Waals surface area contributed by atoms with E-state index < -0.39 is 17.6 Å². The summed E-state index contributed by atoms with van der Waals surface area (Å²) in [5.41, 5.74) is -0.650. The summed E-state index contributed by atoms with van der Waals surface area (Å²) in [6.45, 7) is 3.48. The molecule has 0 radical (unpaired) electrons. The highest BCUT2D eigenvalue weighted by Gasteiger charge is 2.48. The normalized spacial score (nSPS) is 22.9. The van der Waals surface area contributed by atoms with Crippen LogP contribution in [0.1, 0.15) is 31.7 Å². The molecule has 0 aromatic heterocycles. The molecule has 3 rings (SSSR count). The van der Waals surface area contributed by atoms with Crippen LogP contribution < -0.4 is 0 Å². The highest BCUT2D eigenvalue weighted by Crippen LogP contribution is 2.29. The van der Waals surface area contributed by atoms with Gasteiger partial charge in [-0.15, -0.1) is 0 Å². The number of benzene rings is 1. The second kappa shape index (κ2) is 5.89. The van der Waals surface area contributed by atoms with E-state index in [4.69, 9.17) is 4.74 Å². The molecule has 2 aliphatic heterocycles. The molecule has 0 unspecified atom stereocenters. The summed E-state index contributed by atoms with van der Waals surface area (Å²) < 4.78 is 18.8. The molecule has 7 heteroatoms. The van der Waals surface area contributed by atoms with Crippen molar-refractivity contribution >= 4 is 17.9 Å². The van der Waals surface area contributed by atoms with Crippen molar-refractivity contribution in [2.24, 2.45) is 0 Å². The lowest BCUT2D eigenvalue weighted by atomic mass is 9.98. The molecule has 6 nitrogen and oxygen atoms in total. The molecule has 128 valence electrons. The second-order valence-corrected chi connectivity index (χ2v) is 6.62. The first-order valence-electron chi connectivity index (χ1n) is 7.87. The van der Waals surface area contributed by atoms with Crippen molar-refractivity contribution in [1.29, 1.82) is 0 Å². The molecule has 2 saturated heterocycles. The number of halogens is 1. The van der Waals surface area contributed by atoms with Crippen LogP contribution in [0.15, 0.2) is 24.3 Å². The predicted molar refractivity (Wildman–Crippen MR) is 82.6 cm³/mol. The van der Waals surface area contributed by atoms with Crippen LogP contribution in [-0.2, 0) is 14.3 Å². The molecule has 24 heavy (non-hydrogen) atoms. The number of carbonyl (C=O) groups excluding carboxylic acids is 3. The van der Waals surface area contributed by atoms with Crippen molar-refractivity contribution in [1.82, 2.24) is 9.80 Å². The minimum atomic E-state index is -1.24. The number of rotatable bonds is 3. The maximum absolute atomic E-state index is 13.9. The predicted octanol–water partition coefficient (Wildman–Crippen LogP) is 1.90. The van der Waals surface area contributed by atoms with Crippen molar-refractivity contribution in [3.05, 3.63) is 35.6 Å². The lowest BCUT2D eigenvalue weighted by Gasteiger charge is -2.20. The van der Waals surface area contributed by atoms with Gasteiger partial charge in [0.1, 0.15) is 12.4 Å². The van der Waals surface area contributed by atoms with E-state index in [1.54, 1.807) is 23.1 Å². The zero-order chi connectivity index (χ0) is 17.5. The van der Waals surface area contributed by atoms with Gasteiger partial charge in [-0.2, -0.15) is 0 Å². The van der Waals surface area contributed by atoms with Gasteiger partial charge in [0.05, 0.1) is 0 Å². The molecule has 1 atom stereocenters. The van der Waals surface area contributed by atoms with Gasteiger partial charge in [0.15, 0.2) is 5.60 Å². The molecule has 0 aliphatic carbocycles. The number of amides is 3. The molecule has 2 fully saturated rings. The number of ether oxygens (including phenoxy) is 1. The SMILES string of the molecule is CC1(C)OC(=O)N(CC(=O)N2CC[C@H](c3ccccc3F)C2)C1=O. The lowest BCUT2D eigenvalue weighted by molar-refractivity contribution is -0.139. The number of cyclic esters (lactones) is 1. The van der Waals surface area contributed by atoms with Gasteiger partial charge in [-0.3, -0.25) is 9.59 Å². The average molecular weight is 334 g/mol. The number of imide groups is 1. The van der Waals surface area contributed by atoms with Gasteiger partial charge in [-0.05, 0) is 31.9 Å². The maximum atomic E-state index is 13.9. The van der Waals surface area contributed by atoms with Crippen molar-refractivity contribution in [3.8, 4) is 0 Å². The Balaban J connectivity index is 1.64. The number of hydrogen-bond donors (Lipinski definition) is 0. The first-order chi connectivity index (χ1) is 11.3. The van der Waals surface area contributed by atoms with Crippen LogP contribution in [-0.4, -0.2) is 52.9 Å². The molecular formula is C17H19FN2O4. The summed E-state index contributed by atoms with van der Waals surface area (Å²) in [5.74, 6) is -1.22. The highest BCUT2D eigenvalue weighted by atomic mass is 19.1. The van der Waals surface area contributed by atoms with Crippen LogP contribution in [0.4, 0.5) is 9.18 Å². The Morgan fingerprint density at radius 1 is 1.33 bits per heavy atom. The fourth-order valence-electron chi connectivity index (χ4n) is 3.14. The van der Waals surface area contributed by atoms with Crippen LogP contribution in [0.2, 0.25) is 0 Å². The summed E-state index contributed by atoms with van der Waals surface area (Å²) in [6, 6.07) is 6.52. The van der Waals surface area contributed by atoms with Gasteiger partial charge < -0.3 is 9.64 Å². The van der Waals surface area contributed by atoms with E-state index >= 15 is 0 Å². The van der Waals surface area contributed by atoms with Gasteiger partial charge in [0.25, 0.3) is 5.91 Å². The third-order valence-corrected chi connectivity index (χ3v) is 4.50. The van der Waals surface area contributed by atoms with Crippen LogP contribution in [0.25, 0.3) is 0 Å². The molecule has 2 aliphatic rings. The Hall–Kier alpha value is -2.44. The first kappa shape index (κ1) is 16.4. The van der Waals surface area contributed by atoms with E-state index in [1.807, 2.05) is 0 Å². The van der Waals surface area contributed by atoms with Gasteiger partial charge in [0.2, 0.25) is 5.91 Å². The maximum Gasteiger partial charge on any atom is 0.418 e. The third kappa shape index (κ3) is 2.86. The molecule has 2 heterocycles. The number of hydrogen-bond acceptors (Lipinski definition) is 4. The van der Waals surface area contributed by atoms with E-state index in [1.165, 1.54) is 19.9 Å². The van der Waals surface area contributed by atoms with Gasteiger partial charge in [-0.25, -0.2) is 14.1 Å². The van der Waals surface area contributed by atoms with Gasteiger partial charge >= 0.3 is 6.09 Å². The van der Waals surface area contributed by atoms with E-state index in [9.17, 15) is 18.8 Å². The number of likely N-dealkylation sites (tertiary alicyclic amines) is 1. The lowest BCUT2D eigenvalue weighted by Crippen LogP contribution is -2.43. The van der Waals surface area contributed by atoms with Crippen LogP contribution in [0, 0.1) is 5.82 Å². The van der Waals surface area contributed by atoms with E-state index in [2.05, 4.69) is 0 Å². The standard InChI is InChI=1S/C17H19FN2O4/c1-17(2)15(22)20(16(23)24-17)10-14(21)19-8-7-11(9-19)12-5-3-4-6-13(12)18/h3-6,11H,7-10H2,1-2H3/t11-/m0/s1. The summed E-state index contributed by atoms with van der Waals surface area (Å²) in [6.07, 6.45) is -0.153. The molecule has 0 saturated carbocycles. The highest BCUT2D eigenvalue weighted by molar-refractivity contribution is 6.04. The number of nitrogens with zero attached hydrogens (tertiary/aromatic N) is 2. The summed E-state index contributed by atoms with van der Waals surface area (Å²) >= 11 is 0. The van der Waals surface area contributed by atoms with Crippen molar-refractivity contribution in [3.63, 3.8) is 0 Å². The van der Waals surface area contributed by atoms with E-state index in [0.717, 1.165) is 4.90 Å². The largest absolute Gasteiger partial charge is 0.433 e. The fraction of sp³-hybridized carbons (Fsp3) is 0.471. The third-order valence-electron chi connectivity index (χ3n) is 4.50. The molecular weight excluding hydrogens is 315 g/mol. The summed E-state index contributed by atoms with van der Waals surface area (Å²) in [7, 11) is 0. The van der Waals surface area contributed by atoms with Gasteiger partial charge in [0, 0.05) is 19.0 Å². The fourth-order valence-corrected chi connectivity index (χ4v) is 3.14.